The molecule has 0 spiro atoms. The Bertz CT molecular complexity index is 796. The molecule has 2 heterocycles. The van der Waals surface area contributed by atoms with E-state index in [4.69, 9.17) is 4.74 Å². The number of benzene rings is 1. The quantitative estimate of drug-likeness (QED) is 0.799. The van der Waals surface area contributed by atoms with Crippen molar-refractivity contribution in [2.45, 2.75) is 13.8 Å². The van der Waals surface area contributed by atoms with E-state index in [1.54, 1.807) is 15.9 Å². The number of rotatable bonds is 4. The molecule has 0 bridgehead atoms. The van der Waals surface area contributed by atoms with Crippen molar-refractivity contribution in [3.05, 3.63) is 40.5 Å². The Hall–Kier alpha value is -2.35. The summed E-state index contributed by atoms with van der Waals surface area (Å²) in [4.78, 5) is 28.1. The van der Waals surface area contributed by atoms with E-state index >= 15 is 0 Å². The van der Waals surface area contributed by atoms with Gasteiger partial charge in [0.05, 0.1) is 12.3 Å². The Balaban J connectivity index is 1.57. The number of ether oxygens (including phenoxy) is 1. The lowest BCUT2D eigenvalue weighted by Crippen LogP contribution is -2.50. The minimum atomic E-state index is -0.310. The molecule has 2 aromatic rings. The van der Waals surface area contributed by atoms with Gasteiger partial charge >= 0.3 is 6.09 Å². The van der Waals surface area contributed by atoms with Crippen molar-refractivity contribution in [1.29, 1.82) is 0 Å². The fourth-order valence-corrected chi connectivity index (χ4v) is 3.06. The zero-order valence-electron chi connectivity index (χ0n) is 15.4. The van der Waals surface area contributed by atoms with Gasteiger partial charge in [0.2, 0.25) is 0 Å². The summed E-state index contributed by atoms with van der Waals surface area (Å²) < 4.78 is 6.24. The second-order valence-electron chi connectivity index (χ2n) is 6.92. The van der Waals surface area contributed by atoms with E-state index in [1.807, 2.05) is 38.1 Å². The summed E-state index contributed by atoms with van der Waals surface area (Å²) >= 11 is 3.40. The first-order valence-electron chi connectivity index (χ1n) is 8.96. The van der Waals surface area contributed by atoms with Crippen LogP contribution in [-0.4, -0.2) is 64.8 Å². The summed E-state index contributed by atoms with van der Waals surface area (Å²) in [5.41, 5.74) is 2.11. The lowest BCUT2D eigenvalue weighted by molar-refractivity contribution is 0.0531. The van der Waals surface area contributed by atoms with Gasteiger partial charge in [-0.3, -0.25) is 9.89 Å². The van der Waals surface area contributed by atoms with Crippen LogP contribution < -0.4 is 0 Å². The van der Waals surface area contributed by atoms with Crippen LogP contribution in [0.1, 0.15) is 24.3 Å². The molecule has 2 amide bonds. The monoisotopic (exact) mass is 434 g/mol. The standard InChI is InChI=1S/C19H23BrN4O3/c1-13(2)12-27-19(26)24-9-7-23(8-10-24)18(25)17-11-16(21-22-17)14-3-5-15(20)6-4-14/h3-6,11,13H,7-10,12H2,1-2H3,(H,21,22). The lowest BCUT2D eigenvalue weighted by Gasteiger charge is -2.33. The predicted octanol–water partition coefficient (Wildman–Crippen LogP) is 3.39. The molecular formula is C19H23BrN4O3. The van der Waals surface area contributed by atoms with Gasteiger partial charge in [-0.2, -0.15) is 5.10 Å². The second-order valence-corrected chi connectivity index (χ2v) is 7.84. The number of halogens is 1. The highest BCUT2D eigenvalue weighted by molar-refractivity contribution is 9.10. The summed E-state index contributed by atoms with van der Waals surface area (Å²) in [6.07, 6.45) is -0.310. The number of carbonyl (C=O) groups is 2. The fourth-order valence-electron chi connectivity index (χ4n) is 2.79. The molecule has 0 unspecified atom stereocenters. The van der Waals surface area contributed by atoms with Gasteiger partial charge in [0.25, 0.3) is 5.91 Å². The van der Waals surface area contributed by atoms with E-state index in [0.29, 0.717) is 44.4 Å². The maximum absolute atomic E-state index is 12.7. The highest BCUT2D eigenvalue weighted by atomic mass is 79.9. The van der Waals surface area contributed by atoms with Crippen LogP contribution in [0.2, 0.25) is 0 Å². The molecule has 1 aromatic carbocycles. The van der Waals surface area contributed by atoms with Crippen molar-refractivity contribution < 1.29 is 14.3 Å². The highest BCUT2D eigenvalue weighted by Gasteiger charge is 2.26. The average molecular weight is 435 g/mol. The summed E-state index contributed by atoms with van der Waals surface area (Å²) in [6, 6.07) is 9.51. The molecule has 0 atom stereocenters. The third-order valence-corrected chi connectivity index (χ3v) is 4.84. The molecule has 3 rings (SSSR count). The van der Waals surface area contributed by atoms with E-state index in [1.165, 1.54) is 0 Å². The highest BCUT2D eigenvalue weighted by Crippen LogP contribution is 2.21. The Morgan fingerprint density at radius 2 is 1.78 bits per heavy atom. The van der Waals surface area contributed by atoms with Gasteiger partial charge in [-0.1, -0.05) is 41.9 Å². The van der Waals surface area contributed by atoms with E-state index in [9.17, 15) is 9.59 Å². The molecule has 0 aliphatic carbocycles. The number of piperazine rings is 1. The van der Waals surface area contributed by atoms with Gasteiger partial charge in [0, 0.05) is 36.2 Å². The fraction of sp³-hybridized carbons (Fsp3) is 0.421. The molecule has 1 fully saturated rings. The van der Waals surface area contributed by atoms with Crippen molar-refractivity contribution in [3.8, 4) is 11.3 Å². The number of amides is 2. The van der Waals surface area contributed by atoms with Crippen LogP contribution in [0.5, 0.6) is 0 Å². The minimum Gasteiger partial charge on any atom is -0.449 e. The number of aromatic amines is 1. The van der Waals surface area contributed by atoms with E-state index < -0.39 is 0 Å². The van der Waals surface area contributed by atoms with Crippen LogP contribution in [-0.2, 0) is 4.74 Å². The summed E-state index contributed by atoms with van der Waals surface area (Å²) in [6.45, 7) is 6.29. The zero-order chi connectivity index (χ0) is 19.4. The van der Waals surface area contributed by atoms with Gasteiger partial charge in [0.1, 0.15) is 5.69 Å². The van der Waals surface area contributed by atoms with Gasteiger partial charge in [0.15, 0.2) is 0 Å². The maximum Gasteiger partial charge on any atom is 0.409 e. The zero-order valence-corrected chi connectivity index (χ0v) is 17.0. The number of nitrogens with zero attached hydrogens (tertiary/aromatic N) is 3. The van der Waals surface area contributed by atoms with Crippen LogP contribution in [0, 0.1) is 5.92 Å². The molecule has 1 N–H and O–H groups in total. The summed E-state index contributed by atoms with van der Waals surface area (Å²) in [5, 5.41) is 7.07. The summed E-state index contributed by atoms with van der Waals surface area (Å²) in [7, 11) is 0. The molecule has 1 aliphatic rings. The van der Waals surface area contributed by atoms with Crippen LogP contribution in [0.25, 0.3) is 11.3 Å². The molecular weight excluding hydrogens is 412 g/mol. The van der Waals surface area contributed by atoms with E-state index in [2.05, 4.69) is 26.1 Å². The van der Waals surface area contributed by atoms with Crippen molar-refractivity contribution in [1.82, 2.24) is 20.0 Å². The third kappa shape index (κ3) is 4.88. The predicted molar refractivity (Wildman–Crippen MR) is 105 cm³/mol. The number of nitrogens with one attached hydrogen (secondary N) is 1. The normalized spacial score (nSPS) is 14.5. The Morgan fingerprint density at radius 3 is 2.41 bits per heavy atom. The number of hydrogen-bond donors (Lipinski definition) is 1. The Morgan fingerprint density at radius 1 is 1.15 bits per heavy atom. The molecule has 1 aliphatic heterocycles. The molecule has 144 valence electrons. The third-order valence-electron chi connectivity index (χ3n) is 4.31. The number of hydrogen-bond acceptors (Lipinski definition) is 4. The first-order valence-corrected chi connectivity index (χ1v) is 9.75. The first kappa shape index (κ1) is 19.4. The van der Waals surface area contributed by atoms with Crippen LogP contribution in [0.3, 0.4) is 0 Å². The van der Waals surface area contributed by atoms with E-state index in [-0.39, 0.29) is 12.0 Å². The molecule has 0 radical (unpaired) electrons. The van der Waals surface area contributed by atoms with Crippen molar-refractivity contribution in [2.75, 3.05) is 32.8 Å². The Labute approximate surface area is 166 Å². The van der Waals surface area contributed by atoms with Crippen molar-refractivity contribution in [2.24, 2.45) is 5.92 Å². The maximum atomic E-state index is 12.7. The average Bonchev–Trinajstić information content (AvgIpc) is 3.16. The lowest BCUT2D eigenvalue weighted by atomic mass is 10.1. The molecule has 1 saturated heterocycles. The van der Waals surface area contributed by atoms with Crippen LogP contribution in [0.15, 0.2) is 34.8 Å². The van der Waals surface area contributed by atoms with Crippen LogP contribution >= 0.6 is 15.9 Å². The van der Waals surface area contributed by atoms with Gasteiger partial charge in [-0.05, 0) is 24.1 Å². The number of carbonyl (C=O) groups excluding carboxylic acids is 2. The van der Waals surface area contributed by atoms with Gasteiger partial charge in [-0.15, -0.1) is 0 Å². The topological polar surface area (TPSA) is 78.5 Å². The van der Waals surface area contributed by atoms with Crippen molar-refractivity contribution >= 4 is 27.9 Å². The number of aromatic nitrogens is 2. The smallest absolute Gasteiger partial charge is 0.409 e. The largest absolute Gasteiger partial charge is 0.449 e. The van der Waals surface area contributed by atoms with Crippen molar-refractivity contribution in [3.63, 3.8) is 0 Å². The van der Waals surface area contributed by atoms with E-state index in [0.717, 1.165) is 15.7 Å². The molecule has 1 aromatic heterocycles. The minimum absolute atomic E-state index is 0.110. The first-order chi connectivity index (χ1) is 12.9. The summed E-state index contributed by atoms with van der Waals surface area (Å²) in [5.74, 6) is 0.193. The molecule has 8 heteroatoms. The van der Waals surface area contributed by atoms with Gasteiger partial charge < -0.3 is 14.5 Å². The van der Waals surface area contributed by atoms with Crippen LogP contribution in [0.4, 0.5) is 4.79 Å². The Kier molecular flexibility index (Phi) is 6.15. The molecule has 7 nitrogen and oxygen atoms in total. The molecule has 0 saturated carbocycles. The SMILES string of the molecule is CC(C)COC(=O)N1CCN(C(=O)c2cc(-c3ccc(Br)cc3)n[nH]2)CC1. The second kappa shape index (κ2) is 8.56. The molecule has 27 heavy (non-hydrogen) atoms. The van der Waals surface area contributed by atoms with Gasteiger partial charge in [-0.25, -0.2) is 4.79 Å². The number of H-pyrrole nitrogens is 1.